The standard InChI is InChI=1S/C22H24N4O2S3/c1-14-7-8-15(2)16(12-14)23-18(27)13-30-21-26-25-20(31-21)24-19(28)22(9-3-4-10-22)17-6-5-11-29-17/h5-8,11-12H,3-4,9-10,13H2,1-2H3,(H,23,27)(H,24,25,28). The highest BCUT2D eigenvalue weighted by Crippen LogP contribution is 2.44. The molecule has 2 N–H and O–H groups in total. The van der Waals surface area contributed by atoms with Crippen molar-refractivity contribution in [2.24, 2.45) is 0 Å². The average molecular weight is 473 g/mol. The van der Waals surface area contributed by atoms with E-state index in [4.69, 9.17) is 0 Å². The lowest BCUT2D eigenvalue weighted by Crippen LogP contribution is -2.37. The van der Waals surface area contributed by atoms with Gasteiger partial charge in [0.2, 0.25) is 16.9 Å². The number of anilines is 2. The minimum Gasteiger partial charge on any atom is -0.325 e. The van der Waals surface area contributed by atoms with E-state index < -0.39 is 5.41 Å². The van der Waals surface area contributed by atoms with Gasteiger partial charge in [0.1, 0.15) is 0 Å². The van der Waals surface area contributed by atoms with Crippen LogP contribution in [-0.4, -0.2) is 27.8 Å². The van der Waals surface area contributed by atoms with Gasteiger partial charge in [-0.15, -0.1) is 21.5 Å². The van der Waals surface area contributed by atoms with Crippen LogP contribution in [0.1, 0.15) is 41.7 Å². The Morgan fingerprint density at radius 1 is 1.13 bits per heavy atom. The molecule has 0 aliphatic heterocycles. The number of rotatable bonds is 7. The van der Waals surface area contributed by atoms with Gasteiger partial charge < -0.3 is 5.32 Å². The molecule has 1 aliphatic rings. The van der Waals surface area contributed by atoms with Gasteiger partial charge in [0.25, 0.3) is 0 Å². The van der Waals surface area contributed by atoms with Crippen LogP contribution in [0.4, 0.5) is 10.8 Å². The quantitative estimate of drug-likeness (QED) is 0.355. The molecule has 2 aromatic heterocycles. The zero-order chi connectivity index (χ0) is 21.8. The molecular formula is C22H24N4O2S3. The van der Waals surface area contributed by atoms with Crippen molar-refractivity contribution in [3.05, 3.63) is 51.7 Å². The van der Waals surface area contributed by atoms with Crippen molar-refractivity contribution in [3.8, 4) is 0 Å². The van der Waals surface area contributed by atoms with E-state index in [1.807, 2.05) is 49.6 Å². The lowest BCUT2D eigenvalue weighted by Gasteiger charge is -2.25. The first kappa shape index (κ1) is 22.0. The van der Waals surface area contributed by atoms with Gasteiger partial charge in [-0.05, 0) is 55.3 Å². The molecule has 2 heterocycles. The number of nitrogens with zero attached hydrogens (tertiary/aromatic N) is 2. The molecule has 0 radical (unpaired) electrons. The first-order valence-electron chi connectivity index (χ1n) is 10.2. The van der Waals surface area contributed by atoms with Crippen LogP contribution in [0.25, 0.3) is 0 Å². The second kappa shape index (κ2) is 9.50. The van der Waals surface area contributed by atoms with E-state index in [-0.39, 0.29) is 17.6 Å². The molecule has 9 heteroatoms. The maximum Gasteiger partial charge on any atom is 0.237 e. The van der Waals surface area contributed by atoms with Gasteiger partial charge >= 0.3 is 0 Å². The van der Waals surface area contributed by atoms with Crippen molar-refractivity contribution in [1.82, 2.24) is 10.2 Å². The maximum absolute atomic E-state index is 13.1. The molecule has 6 nitrogen and oxygen atoms in total. The Hall–Kier alpha value is -2.23. The van der Waals surface area contributed by atoms with E-state index in [9.17, 15) is 9.59 Å². The van der Waals surface area contributed by atoms with Crippen molar-refractivity contribution < 1.29 is 9.59 Å². The molecule has 4 rings (SSSR count). The van der Waals surface area contributed by atoms with Gasteiger partial charge in [-0.25, -0.2) is 0 Å². The summed E-state index contributed by atoms with van der Waals surface area (Å²) >= 11 is 4.26. The van der Waals surface area contributed by atoms with Crippen LogP contribution in [0.5, 0.6) is 0 Å². The fourth-order valence-corrected chi connectivity index (χ4v) is 6.36. The van der Waals surface area contributed by atoms with Crippen LogP contribution < -0.4 is 10.6 Å². The van der Waals surface area contributed by atoms with Crippen LogP contribution in [-0.2, 0) is 15.0 Å². The monoisotopic (exact) mass is 472 g/mol. The summed E-state index contributed by atoms with van der Waals surface area (Å²) in [6, 6.07) is 10.0. The number of thioether (sulfide) groups is 1. The Morgan fingerprint density at radius 3 is 2.68 bits per heavy atom. The summed E-state index contributed by atoms with van der Waals surface area (Å²) in [5, 5.41) is 16.7. The van der Waals surface area contributed by atoms with Crippen LogP contribution in [0.3, 0.4) is 0 Å². The summed E-state index contributed by atoms with van der Waals surface area (Å²) in [7, 11) is 0. The Balaban J connectivity index is 1.34. The summed E-state index contributed by atoms with van der Waals surface area (Å²) in [6.07, 6.45) is 3.83. The summed E-state index contributed by atoms with van der Waals surface area (Å²) in [6.45, 7) is 3.96. The highest BCUT2D eigenvalue weighted by molar-refractivity contribution is 8.01. The van der Waals surface area contributed by atoms with E-state index in [2.05, 4.69) is 20.8 Å². The number of benzene rings is 1. The maximum atomic E-state index is 13.1. The Kier molecular flexibility index (Phi) is 6.74. The largest absolute Gasteiger partial charge is 0.325 e. The number of hydrogen-bond acceptors (Lipinski definition) is 7. The fourth-order valence-electron chi connectivity index (χ4n) is 3.83. The van der Waals surface area contributed by atoms with Crippen molar-refractivity contribution in [2.45, 2.75) is 49.3 Å². The molecule has 1 aromatic carbocycles. The van der Waals surface area contributed by atoms with E-state index in [1.54, 1.807) is 11.3 Å². The number of amides is 2. The summed E-state index contributed by atoms with van der Waals surface area (Å²) in [5.41, 5.74) is 2.49. The van der Waals surface area contributed by atoms with Gasteiger partial charge in [-0.3, -0.25) is 14.9 Å². The Bertz CT molecular complexity index is 1070. The predicted molar refractivity (Wildman–Crippen MR) is 128 cm³/mol. The lowest BCUT2D eigenvalue weighted by molar-refractivity contribution is -0.121. The number of aromatic nitrogens is 2. The number of thiophene rings is 1. The summed E-state index contributed by atoms with van der Waals surface area (Å²) in [4.78, 5) is 26.6. The van der Waals surface area contributed by atoms with Gasteiger partial charge in [-0.1, -0.05) is 54.1 Å². The summed E-state index contributed by atoms with van der Waals surface area (Å²) < 4.78 is 0.656. The lowest BCUT2D eigenvalue weighted by atomic mass is 9.83. The number of carbonyl (C=O) groups is 2. The van der Waals surface area contributed by atoms with Crippen LogP contribution in [0.2, 0.25) is 0 Å². The molecule has 2 amide bonds. The molecule has 162 valence electrons. The third kappa shape index (κ3) is 4.99. The molecule has 0 bridgehead atoms. The minimum absolute atomic E-state index is 0.00665. The van der Waals surface area contributed by atoms with E-state index in [0.29, 0.717) is 9.47 Å². The number of aryl methyl sites for hydroxylation is 2. The van der Waals surface area contributed by atoms with Crippen molar-refractivity contribution in [2.75, 3.05) is 16.4 Å². The molecule has 1 fully saturated rings. The van der Waals surface area contributed by atoms with Gasteiger partial charge in [0.05, 0.1) is 11.2 Å². The number of hydrogen-bond donors (Lipinski definition) is 2. The molecule has 0 unspecified atom stereocenters. The van der Waals surface area contributed by atoms with E-state index >= 15 is 0 Å². The van der Waals surface area contributed by atoms with E-state index in [1.165, 1.54) is 23.1 Å². The SMILES string of the molecule is Cc1ccc(C)c(NC(=O)CSc2nnc(NC(=O)C3(c4cccs4)CCCC3)s2)c1. The zero-order valence-corrected chi connectivity index (χ0v) is 19.9. The topological polar surface area (TPSA) is 84.0 Å². The number of carbonyl (C=O) groups excluding carboxylic acids is 2. The third-order valence-electron chi connectivity index (χ3n) is 5.51. The third-order valence-corrected chi connectivity index (χ3v) is 8.55. The van der Waals surface area contributed by atoms with Crippen molar-refractivity contribution in [1.29, 1.82) is 0 Å². The first-order valence-corrected chi connectivity index (χ1v) is 12.8. The molecule has 0 spiro atoms. The van der Waals surface area contributed by atoms with Gasteiger partial charge in [0.15, 0.2) is 4.34 Å². The van der Waals surface area contributed by atoms with Crippen LogP contribution in [0, 0.1) is 13.8 Å². The molecule has 1 saturated carbocycles. The van der Waals surface area contributed by atoms with Gasteiger partial charge in [0, 0.05) is 10.6 Å². The molecule has 0 saturated heterocycles. The number of nitrogens with one attached hydrogen (secondary N) is 2. The van der Waals surface area contributed by atoms with E-state index in [0.717, 1.165) is 47.4 Å². The molecule has 1 aliphatic carbocycles. The molecule has 0 atom stereocenters. The Morgan fingerprint density at radius 2 is 1.94 bits per heavy atom. The Labute approximate surface area is 193 Å². The van der Waals surface area contributed by atoms with Gasteiger partial charge in [-0.2, -0.15) is 0 Å². The molecular weight excluding hydrogens is 448 g/mol. The van der Waals surface area contributed by atoms with Crippen molar-refractivity contribution >= 4 is 57.1 Å². The second-order valence-electron chi connectivity index (χ2n) is 7.75. The predicted octanol–water partition coefficient (Wildman–Crippen LogP) is 5.40. The molecule has 31 heavy (non-hydrogen) atoms. The zero-order valence-electron chi connectivity index (χ0n) is 17.4. The van der Waals surface area contributed by atoms with Crippen LogP contribution in [0.15, 0.2) is 40.1 Å². The highest BCUT2D eigenvalue weighted by atomic mass is 32.2. The molecule has 3 aromatic rings. The van der Waals surface area contributed by atoms with Crippen LogP contribution >= 0.6 is 34.4 Å². The first-order chi connectivity index (χ1) is 15.0. The smallest absolute Gasteiger partial charge is 0.237 e. The summed E-state index contributed by atoms with van der Waals surface area (Å²) in [5.74, 6) is 0.129. The minimum atomic E-state index is -0.460. The fraction of sp³-hybridized carbons (Fsp3) is 0.364. The average Bonchev–Trinajstić information content (AvgIpc) is 3.51. The normalized spacial score (nSPS) is 15.0. The second-order valence-corrected chi connectivity index (χ2v) is 10.9. The van der Waals surface area contributed by atoms with Crippen molar-refractivity contribution in [3.63, 3.8) is 0 Å². The highest BCUT2D eigenvalue weighted by Gasteiger charge is 2.43.